The van der Waals surface area contributed by atoms with Crippen LogP contribution in [0, 0.1) is 47.4 Å². The maximum absolute atomic E-state index is 14.6. The van der Waals surface area contributed by atoms with Crippen molar-refractivity contribution in [1.29, 1.82) is 0 Å². The molecule has 16 rings (SSSR count). The number of hydrogen-bond acceptors (Lipinski definition) is 21. The summed E-state index contributed by atoms with van der Waals surface area (Å²) in [6.45, 7) is 16.5. The summed E-state index contributed by atoms with van der Waals surface area (Å²) in [7, 11) is 17.6. The molecule has 0 fully saturated rings. The lowest BCUT2D eigenvalue weighted by Crippen LogP contribution is -2.50. The summed E-state index contributed by atoms with van der Waals surface area (Å²) < 4.78 is 69.6. The van der Waals surface area contributed by atoms with Crippen molar-refractivity contribution < 1.29 is 85.4 Å². The van der Waals surface area contributed by atoms with Gasteiger partial charge in [0.2, 0.25) is 23.6 Å². The normalized spacial score (nSPS) is 17.2. The van der Waals surface area contributed by atoms with Gasteiger partial charge in [0.25, 0.3) is 23.6 Å². The summed E-state index contributed by atoms with van der Waals surface area (Å²) in [6.07, 6.45) is 0.874. The predicted molar refractivity (Wildman–Crippen MR) is 492 cm³/mol. The van der Waals surface area contributed by atoms with Crippen molar-refractivity contribution >= 4 is 70.5 Å². The van der Waals surface area contributed by atoms with E-state index < -0.39 is 65.5 Å². The first kappa shape index (κ1) is 94.1. The standard InChI is InChI=1S/C26H30N4O4.C24H25FN4O5.C24H26N4O5.C24H26N4O3/c1-6-12-34-19-11-10-17(14-20(19)33-5)22-21-16(3)29-30(4)24(21)28-26(32)23(22)27-25(31)18-9-7-8-15(2)13-18;1-12-19-20(13-6-8-16(32-3)15(25)10-13)21(24(31)27-22(19)29(2)28-12)26-23(30)14-7-9-17(33-4)18(11-14)34-5;1-13-19-20(14-7-6-8-16(11-14)31-3)21(24(30)26-22(19)28(2)27-13)25-23(29)15-9-10-17(32-4)18(12-15)33-5;1-5-31-18-11-9-16(10-12-18)20-19-15(3)27-28(4)22(19)26-24(30)21(20)25-23(29)17-8-6-7-14(2)13-17/h7-11,13-14,22-23H,6,12H2,1-5H3,(H,27,31)(H,28,32);6-11,20-21H,1-5H3,(H,26,30)(H,27,31);6-12,20-21H,1-5H3,(H,25,29)(H,26,30);6-13,20-21H,5H2,1-4H3,(H,25,29)(H,26,30)/t22-,23-;3*20-,21-/m0000/s1. The molecule has 0 radical (unpaired) electrons. The first-order chi connectivity index (χ1) is 63.4. The second kappa shape index (κ2) is 40.9. The van der Waals surface area contributed by atoms with E-state index in [2.05, 4.69) is 62.9 Å². The lowest BCUT2D eigenvalue weighted by atomic mass is 9.81. The molecule has 33 nitrogen and oxygen atoms in total. The monoisotopic (exact) mass is 1800 g/mol. The third-order valence-electron chi connectivity index (χ3n) is 23.3. The highest BCUT2D eigenvalue weighted by Gasteiger charge is 2.47. The van der Waals surface area contributed by atoms with Crippen molar-refractivity contribution in [3.05, 3.63) is 276 Å². The molecule has 688 valence electrons. The molecule has 4 aromatic heterocycles. The van der Waals surface area contributed by atoms with Crippen molar-refractivity contribution in [2.24, 2.45) is 28.2 Å². The van der Waals surface area contributed by atoms with Crippen LogP contribution in [0.15, 0.2) is 170 Å². The van der Waals surface area contributed by atoms with E-state index in [9.17, 15) is 42.7 Å². The van der Waals surface area contributed by atoms with Crippen LogP contribution in [0.3, 0.4) is 0 Å². The van der Waals surface area contributed by atoms with Crippen molar-refractivity contribution in [2.75, 3.05) is 84.2 Å². The van der Waals surface area contributed by atoms with Crippen LogP contribution >= 0.6 is 0 Å². The number of halogens is 1. The minimum absolute atomic E-state index is 0.0815. The number of amides is 8. The maximum Gasteiger partial charge on any atom is 0.252 e. The Bertz CT molecular complexity index is 6380. The van der Waals surface area contributed by atoms with Crippen molar-refractivity contribution in [1.82, 2.24) is 60.4 Å². The first-order valence-electron chi connectivity index (χ1n) is 42.6. The van der Waals surface area contributed by atoms with Gasteiger partial charge in [-0.25, -0.2) is 4.39 Å². The number of nitrogens with one attached hydrogen (secondary N) is 8. The summed E-state index contributed by atoms with van der Waals surface area (Å²) in [4.78, 5) is 105. The topological polar surface area (TPSA) is 387 Å². The quantitative estimate of drug-likeness (QED) is 0.0278. The molecule has 4 aliphatic rings. The van der Waals surface area contributed by atoms with Gasteiger partial charge in [0.15, 0.2) is 46.1 Å². The van der Waals surface area contributed by atoms with Gasteiger partial charge in [-0.2, -0.15) is 20.4 Å². The molecule has 0 spiro atoms. The molecule has 0 saturated heterocycles. The number of carbonyl (C=O) groups is 8. The van der Waals surface area contributed by atoms with Crippen LogP contribution in [-0.4, -0.2) is 174 Å². The number of rotatable bonds is 24. The molecule has 8 atom stereocenters. The lowest BCUT2D eigenvalue weighted by molar-refractivity contribution is -0.119. The van der Waals surface area contributed by atoms with Crippen LogP contribution < -0.4 is 85.2 Å². The molecule has 132 heavy (non-hydrogen) atoms. The third-order valence-corrected chi connectivity index (χ3v) is 23.3. The molecule has 8 aromatic carbocycles. The summed E-state index contributed by atoms with van der Waals surface area (Å²) in [5.41, 5.74) is 13.0. The molecule has 0 saturated carbocycles. The van der Waals surface area contributed by atoms with Gasteiger partial charge in [-0.3, -0.25) is 57.1 Å². The number of methoxy groups -OCH3 is 7. The second-order valence-electron chi connectivity index (χ2n) is 31.9. The number of ether oxygens (including phenoxy) is 9. The molecular weight excluding hydrogens is 1690 g/mol. The van der Waals surface area contributed by atoms with E-state index in [4.69, 9.17) is 42.6 Å². The van der Waals surface area contributed by atoms with Crippen LogP contribution in [0.1, 0.15) is 164 Å². The van der Waals surface area contributed by atoms with Gasteiger partial charge < -0.3 is 85.2 Å². The van der Waals surface area contributed by atoms with Crippen LogP contribution in [0.2, 0.25) is 0 Å². The number of aryl methyl sites for hydroxylation is 10. The van der Waals surface area contributed by atoms with E-state index in [1.54, 1.807) is 123 Å². The highest BCUT2D eigenvalue weighted by atomic mass is 19.1. The first-order valence-corrected chi connectivity index (χ1v) is 42.6. The van der Waals surface area contributed by atoms with Crippen LogP contribution in [-0.2, 0) is 47.4 Å². The molecule has 34 heteroatoms. The van der Waals surface area contributed by atoms with Gasteiger partial charge in [0, 0.05) is 96.4 Å². The Morgan fingerprint density at radius 2 is 0.667 bits per heavy atom. The average Bonchev–Trinajstić information content (AvgIpc) is 1.58. The summed E-state index contributed by atoms with van der Waals surface area (Å²) in [6, 6.07) is 45.9. The largest absolute Gasteiger partial charge is 0.497 e. The van der Waals surface area contributed by atoms with Crippen molar-refractivity contribution in [2.45, 2.75) is 110 Å². The fourth-order valence-electron chi connectivity index (χ4n) is 17.1. The van der Waals surface area contributed by atoms with Crippen LogP contribution in [0.25, 0.3) is 0 Å². The highest BCUT2D eigenvalue weighted by Crippen LogP contribution is 2.46. The highest BCUT2D eigenvalue weighted by molar-refractivity contribution is 6.08. The minimum atomic E-state index is -1.02. The zero-order valence-corrected chi connectivity index (χ0v) is 76.8. The molecular formula is C98H107FN16O17. The zero-order chi connectivity index (χ0) is 94.8. The number of anilines is 4. The Morgan fingerprint density at radius 3 is 1.02 bits per heavy atom. The Kier molecular flexibility index (Phi) is 29.1. The van der Waals surface area contributed by atoms with E-state index in [0.717, 1.165) is 73.8 Å². The van der Waals surface area contributed by atoms with Gasteiger partial charge in [-0.15, -0.1) is 0 Å². The summed E-state index contributed by atoms with van der Waals surface area (Å²) in [5.74, 6) is 1.51. The molecule has 8 heterocycles. The molecule has 0 unspecified atom stereocenters. The Balaban J connectivity index is 0.000000150. The van der Waals surface area contributed by atoms with E-state index in [1.807, 2.05) is 146 Å². The number of benzene rings is 8. The lowest BCUT2D eigenvalue weighted by Gasteiger charge is -2.33. The molecule has 8 N–H and O–H groups in total. The minimum Gasteiger partial charge on any atom is -0.497 e. The second-order valence-corrected chi connectivity index (χ2v) is 31.9. The fraction of sp³-hybridized carbons (Fsp3) is 0.306. The fourth-order valence-corrected chi connectivity index (χ4v) is 17.1. The van der Waals surface area contributed by atoms with Gasteiger partial charge >= 0.3 is 0 Å². The number of aromatic nitrogens is 8. The van der Waals surface area contributed by atoms with Gasteiger partial charge in [-0.05, 0) is 186 Å². The molecule has 12 aromatic rings. The van der Waals surface area contributed by atoms with Gasteiger partial charge in [0.05, 0.1) is 85.8 Å². The molecule has 4 aliphatic heterocycles. The zero-order valence-electron chi connectivity index (χ0n) is 76.8. The third kappa shape index (κ3) is 19.7. The Morgan fingerprint density at radius 1 is 0.341 bits per heavy atom. The number of carbonyl (C=O) groups excluding carboxylic acids is 8. The van der Waals surface area contributed by atoms with E-state index in [-0.39, 0.29) is 46.8 Å². The van der Waals surface area contributed by atoms with Gasteiger partial charge in [-0.1, -0.05) is 78.7 Å². The number of hydrogen-bond donors (Lipinski definition) is 8. The van der Waals surface area contributed by atoms with Crippen molar-refractivity contribution in [3.63, 3.8) is 0 Å². The number of fused-ring (bicyclic) bond motifs is 4. The predicted octanol–water partition coefficient (Wildman–Crippen LogP) is 12.4. The van der Waals surface area contributed by atoms with E-state index >= 15 is 0 Å². The van der Waals surface area contributed by atoms with E-state index in [0.29, 0.717) is 110 Å². The SMILES string of the molecule is CCCOc1ccc([C@H]2c3c(C)nn(C)c3NC(=O)[C@H]2NC(=O)c2cccc(C)c2)cc1OC.CCOc1ccc([C@H]2c3c(C)nn(C)c3NC(=O)[C@H]2NC(=O)c2cccc(C)c2)cc1.COc1ccc([C@H]2c3c(C)nn(C)c3NC(=O)[C@H]2NC(=O)c2ccc(OC)c(OC)c2)cc1F.COc1cccc([C@H]2c3c(C)nn(C)c3NC(=O)[C@H]2NC(=O)c2ccc(OC)c(OC)c2)c1. The van der Waals surface area contributed by atoms with Crippen LogP contribution in [0.5, 0.6) is 51.7 Å². The molecule has 0 bridgehead atoms. The van der Waals surface area contributed by atoms with Crippen LogP contribution in [0.4, 0.5) is 27.7 Å². The van der Waals surface area contributed by atoms with Gasteiger partial charge in [0.1, 0.15) is 58.9 Å². The maximum atomic E-state index is 14.6. The average molecular weight is 1800 g/mol. The Hall–Kier alpha value is -15.5. The molecule has 0 aliphatic carbocycles. The smallest absolute Gasteiger partial charge is 0.252 e. The van der Waals surface area contributed by atoms with E-state index in [1.165, 1.54) is 53.7 Å². The molecule has 8 amide bonds. The summed E-state index contributed by atoms with van der Waals surface area (Å²) >= 11 is 0. The summed E-state index contributed by atoms with van der Waals surface area (Å²) in [5, 5.41) is 41.1. The van der Waals surface area contributed by atoms with Crippen molar-refractivity contribution in [3.8, 4) is 51.7 Å². The Labute approximate surface area is 762 Å². The number of nitrogens with zero attached hydrogens (tertiary/aromatic N) is 8.